The number of carbonyl (C=O) groups excluding carboxylic acids is 2. The van der Waals surface area contributed by atoms with Gasteiger partial charge in [0.2, 0.25) is 5.91 Å². The summed E-state index contributed by atoms with van der Waals surface area (Å²) in [7, 11) is 0. The van der Waals surface area contributed by atoms with Crippen LogP contribution in [0.1, 0.15) is 23.4 Å². The van der Waals surface area contributed by atoms with E-state index in [2.05, 4.69) is 10.6 Å². The monoisotopic (exact) mass is 372 g/mol. The largest absolute Gasteiger partial charge is 0.459 e. The van der Waals surface area contributed by atoms with Crippen LogP contribution in [0.25, 0.3) is 0 Å². The molecule has 27 heavy (non-hydrogen) atoms. The van der Waals surface area contributed by atoms with Crippen LogP contribution in [-0.4, -0.2) is 47.3 Å². The number of nitrogens with zero attached hydrogens (tertiary/aromatic N) is 2. The summed E-state index contributed by atoms with van der Waals surface area (Å²) in [5.41, 5.74) is 0.377. The van der Waals surface area contributed by atoms with Gasteiger partial charge in [0.25, 0.3) is 11.6 Å². The average molecular weight is 372 g/mol. The first kappa shape index (κ1) is 18.4. The normalized spacial score (nSPS) is 16.1. The van der Waals surface area contributed by atoms with Crippen LogP contribution in [0.2, 0.25) is 0 Å². The van der Waals surface area contributed by atoms with E-state index in [1.165, 1.54) is 17.2 Å². The third kappa shape index (κ3) is 4.25. The first-order valence-corrected chi connectivity index (χ1v) is 8.67. The van der Waals surface area contributed by atoms with Crippen molar-refractivity contribution in [2.24, 2.45) is 0 Å². The van der Waals surface area contributed by atoms with Crippen LogP contribution in [0.4, 0.5) is 11.4 Å². The van der Waals surface area contributed by atoms with Crippen LogP contribution < -0.4 is 10.6 Å². The molecule has 0 radical (unpaired) electrons. The molecule has 0 aliphatic carbocycles. The zero-order valence-electron chi connectivity index (χ0n) is 14.6. The van der Waals surface area contributed by atoms with Gasteiger partial charge >= 0.3 is 0 Å². The highest BCUT2D eigenvalue weighted by Gasteiger charge is 2.35. The molecule has 9 heteroatoms. The van der Waals surface area contributed by atoms with Gasteiger partial charge in [0, 0.05) is 25.7 Å². The zero-order chi connectivity index (χ0) is 19.2. The van der Waals surface area contributed by atoms with Crippen LogP contribution >= 0.6 is 0 Å². The smallest absolute Gasteiger partial charge is 0.292 e. The molecule has 0 bridgehead atoms. The maximum atomic E-state index is 12.4. The quantitative estimate of drug-likeness (QED) is 0.436. The molecule has 1 fully saturated rings. The Hall–Kier alpha value is -3.36. The van der Waals surface area contributed by atoms with Crippen LogP contribution in [0, 0.1) is 10.1 Å². The number of para-hydroxylation sites is 2. The molecule has 9 nitrogen and oxygen atoms in total. The second-order valence-corrected chi connectivity index (χ2v) is 6.13. The Morgan fingerprint density at radius 3 is 2.78 bits per heavy atom. The van der Waals surface area contributed by atoms with E-state index in [9.17, 15) is 19.7 Å². The molecule has 1 aromatic carbocycles. The summed E-state index contributed by atoms with van der Waals surface area (Å²) in [6, 6.07) is 8.99. The highest BCUT2D eigenvalue weighted by Crippen LogP contribution is 2.23. The van der Waals surface area contributed by atoms with Crippen LogP contribution in [0.5, 0.6) is 0 Å². The van der Waals surface area contributed by atoms with Crippen LogP contribution in [0.3, 0.4) is 0 Å². The van der Waals surface area contributed by atoms with Crippen molar-refractivity contribution in [2.75, 3.05) is 25.0 Å². The molecule has 0 saturated carbocycles. The Bertz CT molecular complexity index is 821. The van der Waals surface area contributed by atoms with E-state index < -0.39 is 11.0 Å². The molecule has 2 amide bonds. The molecule has 2 aromatic rings. The number of amides is 2. The van der Waals surface area contributed by atoms with Gasteiger partial charge in [-0.05, 0) is 31.0 Å². The third-order valence-electron chi connectivity index (χ3n) is 4.39. The molecular weight excluding hydrogens is 352 g/mol. The lowest BCUT2D eigenvalue weighted by atomic mass is 10.2. The fourth-order valence-electron chi connectivity index (χ4n) is 3.11. The van der Waals surface area contributed by atoms with E-state index in [1.807, 2.05) is 0 Å². The van der Waals surface area contributed by atoms with Gasteiger partial charge in [-0.15, -0.1) is 0 Å². The number of benzene rings is 1. The first-order chi connectivity index (χ1) is 13.1. The van der Waals surface area contributed by atoms with Crippen molar-refractivity contribution >= 4 is 23.2 Å². The van der Waals surface area contributed by atoms with Crippen molar-refractivity contribution in [3.8, 4) is 0 Å². The van der Waals surface area contributed by atoms with E-state index in [1.54, 1.807) is 30.3 Å². The van der Waals surface area contributed by atoms with Gasteiger partial charge < -0.3 is 20.0 Å². The van der Waals surface area contributed by atoms with Gasteiger partial charge in [-0.1, -0.05) is 12.1 Å². The maximum Gasteiger partial charge on any atom is 0.292 e. The Morgan fingerprint density at radius 1 is 1.22 bits per heavy atom. The maximum absolute atomic E-state index is 12.4. The fraction of sp³-hybridized carbons (Fsp3) is 0.333. The zero-order valence-corrected chi connectivity index (χ0v) is 14.6. The average Bonchev–Trinajstić information content (AvgIpc) is 3.36. The van der Waals surface area contributed by atoms with E-state index >= 15 is 0 Å². The number of anilines is 1. The molecule has 0 spiro atoms. The number of nitro groups is 1. The lowest BCUT2D eigenvalue weighted by molar-refractivity contribution is -0.384. The van der Waals surface area contributed by atoms with Crippen LogP contribution in [0.15, 0.2) is 47.1 Å². The molecule has 1 atom stereocenters. The molecule has 1 aliphatic rings. The molecule has 1 saturated heterocycles. The van der Waals surface area contributed by atoms with Gasteiger partial charge in [0.15, 0.2) is 5.76 Å². The van der Waals surface area contributed by atoms with Crippen molar-refractivity contribution in [3.05, 3.63) is 58.5 Å². The van der Waals surface area contributed by atoms with Gasteiger partial charge in [0.05, 0.1) is 11.2 Å². The number of nitro benzene ring substituents is 1. The molecule has 2 heterocycles. The van der Waals surface area contributed by atoms with E-state index in [4.69, 9.17) is 4.42 Å². The highest BCUT2D eigenvalue weighted by molar-refractivity contribution is 5.96. The standard InChI is InChI=1S/C18H20N4O5/c23-17(15-7-3-11-21(15)18(24)16-8-4-12-27-16)20-10-9-19-13-5-1-2-6-14(13)22(25)26/h1-2,4-6,8,12,15,19H,3,7,9-11H2,(H,20,23)/t15-/m0/s1. The van der Waals surface area contributed by atoms with Crippen molar-refractivity contribution in [1.29, 1.82) is 0 Å². The molecule has 1 aromatic heterocycles. The summed E-state index contributed by atoms with van der Waals surface area (Å²) in [5.74, 6) is -0.319. The molecule has 1 aliphatic heterocycles. The highest BCUT2D eigenvalue weighted by atomic mass is 16.6. The Labute approximate surface area is 155 Å². The topological polar surface area (TPSA) is 118 Å². The third-order valence-corrected chi connectivity index (χ3v) is 4.39. The first-order valence-electron chi connectivity index (χ1n) is 8.67. The fourth-order valence-corrected chi connectivity index (χ4v) is 3.11. The summed E-state index contributed by atoms with van der Waals surface area (Å²) in [4.78, 5) is 36.9. The van der Waals surface area contributed by atoms with Crippen molar-refractivity contribution in [1.82, 2.24) is 10.2 Å². The second kappa shape index (κ2) is 8.35. The second-order valence-electron chi connectivity index (χ2n) is 6.13. The summed E-state index contributed by atoms with van der Waals surface area (Å²) >= 11 is 0. The van der Waals surface area contributed by atoms with Gasteiger partial charge in [-0.25, -0.2) is 0 Å². The molecule has 3 rings (SSSR count). The Morgan fingerprint density at radius 2 is 2.04 bits per heavy atom. The number of rotatable bonds is 7. The predicted octanol–water partition coefficient (Wildman–Crippen LogP) is 2.02. The predicted molar refractivity (Wildman–Crippen MR) is 97.4 cm³/mol. The van der Waals surface area contributed by atoms with E-state index in [0.29, 0.717) is 25.2 Å². The number of carbonyl (C=O) groups is 2. The van der Waals surface area contributed by atoms with Gasteiger partial charge in [-0.2, -0.15) is 0 Å². The summed E-state index contributed by atoms with van der Waals surface area (Å²) < 4.78 is 5.13. The molecule has 142 valence electrons. The number of likely N-dealkylation sites (tertiary alicyclic amines) is 1. The van der Waals surface area contributed by atoms with Crippen molar-refractivity contribution in [2.45, 2.75) is 18.9 Å². The van der Waals surface area contributed by atoms with Crippen molar-refractivity contribution < 1.29 is 18.9 Å². The molecular formula is C18H20N4O5. The minimum absolute atomic E-state index is 0.0187. The van der Waals surface area contributed by atoms with Gasteiger partial charge in [0.1, 0.15) is 11.7 Å². The lowest BCUT2D eigenvalue weighted by Gasteiger charge is -2.23. The van der Waals surface area contributed by atoms with E-state index in [-0.39, 0.29) is 29.8 Å². The SMILES string of the molecule is O=C(NCCNc1ccccc1[N+](=O)[O-])[C@@H]1CCCN1C(=O)c1ccco1. The minimum Gasteiger partial charge on any atom is -0.459 e. The van der Waals surface area contributed by atoms with Crippen molar-refractivity contribution in [3.63, 3.8) is 0 Å². The number of furan rings is 1. The Kier molecular flexibility index (Phi) is 5.70. The number of hydrogen-bond acceptors (Lipinski definition) is 6. The number of nitrogens with one attached hydrogen (secondary N) is 2. The van der Waals surface area contributed by atoms with Crippen LogP contribution in [-0.2, 0) is 4.79 Å². The molecule has 0 unspecified atom stereocenters. The summed E-state index contributed by atoms with van der Waals surface area (Å²) in [6.07, 6.45) is 2.77. The molecule has 2 N–H and O–H groups in total. The summed E-state index contributed by atoms with van der Waals surface area (Å²) in [5, 5.41) is 16.7. The minimum atomic E-state index is -0.534. The van der Waals surface area contributed by atoms with E-state index in [0.717, 1.165) is 6.42 Å². The van der Waals surface area contributed by atoms with Gasteiger partial charge in [-0.3, -0.25) is 19.7 Å². The Balaban J connectivity index is 1.51. The lowest BCUT2D eigenvalue weighted by Crippen LogP contribution is -2.46. The number of hydrogen-bond donors (Lipinski definition) is 2. The summed E-state index contributed by atoms with van der Waals surface area (Å²) in [6.45, 7) is 1.12.